The van der Waals surface area contributed by atoms with Gasteiger partial charge in [0.15, 0.2) is 6.04 Å². The summed E-state index contributed by atoms with van der Waals surface area (Å²) < 4.78 is 29.8. The fourth-order valence-electron chi connectivity index (χ4n) is 3.29. The minimum atomic E-state index is -3.50. The van der Waals surface area contributed by atoms with E-state index in [0.717, 1.165) is 11.1 Å². The van der Waals surface area contributed by atoms with Crippen molar-refractivity contribution in [2.45, 2.75) is 59.8 Å². The average molecular weight is 486 g/mol. The maximum absolute atomic E-state index is 13.2. The molecule has 0 amide bonds. The molecule has 0 saturated heterocycles. The van der Waals surface area contributed by atoms with Gasteiger partial charge in [0.25, 0.3) is 0 Å². The lowest BCUT2D eigenvalue weighted by Gasteiger charge is -2.22. The van der Waals surface area contributed by atoms with Crippen LogP contribution in [0, 0.1) is 5.92 Å². The molecule has 0 N–H and O–H groups in total. The smallest absolute Gasteiger partial charge is 0.354 e. The van der Waals surface area contributed by atoms with Gasteiger partial charge in [0.2, 0.25) is 0 Å². The maximum Gasteiger partial charge on any atom is 0.354 e. The van der Waals surface area contributed by atoms with Crippen molar-refractivity contribution >= 4 is 19.3 Å². The van der Waals surface area contributed by atoms with Crippen LogP contribution in [0.2, 0.25) is 0 Å². The number of carbonyl (C=O) groups excluding carboxylic acids is 1. The van der Waals surface area contributed by atoms with Gasteiger partial charge in [0.1, 0.15) is 0 Å². The van der Waals surface area contributed by atoms with Gasteiger partial charge in [0, 0.05) is 22.9 Å². The molecule has 7 heteroatoms. The average Bonchev–Trinajstić information content (AvgIpc) is 2.78. The standard InChI is InChI=1S/C27H36NO5P/c1-7-31-27(29)25(22(6)18-19-34(30,32-20(2)3)33-21(4)5)28-26(23-14-10-8-11-15-23)24-16-12-9-13-17-24/h8-22,25H,7H2,1-6H3/b19-18+. The number of esters is 1. The number of hydrogen-bond donors (Lipinski definition) is 0. The second-order valence-electron chi connectivity index (χ2n) is 8.46. The quantitative estimate of drug-likeness (QED) is 0.191. The van der Waals surface area contributed by atoms with Crippen molar-refractivity contribution in [1.29, 1.82) is 0 Å². The molecule has 0 aromatic heterocycles. The molecule has 2 aromatic rings. The van der Waals surface area contributed by atoms with Crippen LogP contribution in [-0.2, 0) is 23.1 Å². The molecule has 0 spiro atoms. The van der Waals surface area contributed by atoms with E-state index in [1.54, 1.807) is 40.7 Å². The Morgan fingerprint density at radius 2 is 1.35 bits per heavy atom. The lowest BCUT2D eigenvalue weighted by molar-refractivity contribution is -0.145. The molecule has 34 heavy (non-hydrogen) atoms. The Morgan fingerprint density at radius 1 is 0.882 bits per heavy atom. The van der Waals surface area contributed by atoms with Crippen molar-refractivity contribution in [2.24, 2.45) is 10.9 Å². The minimum absolute atomic E-state index is 0.235. The van der Waals surface area contributed by atoms with Crippen molar-refractivity contribution in [1.82, 2.24) is 0 Å². The Balaban J connectivity index is 2.50. The second kappa shape index (κ2) is 13.4. The first-order valence-corrected chi connectivity index (χ1v) is 13.3. The zero-order valence-electron chi connectivity index (χ0n) is 20.9. The van der Waals surface area contributed by atoms with Gasteiger partial charge in [-0.3, -0.25) is 9.56 Å². The molecule has 0 aliphatic carbocycles. The van der Waals surface area contributed by atoms with E-state index in [-0.39, 0.29) is 18.8 Å². The third kappa shape index (κ3) is 8.68. The molecule has 0 aliphatic heterocycles. The molecule has 184 valence electrons. The molecule has 0 radical (unpaired) electrons. The van der Waals surface area contributed by atoms with Crippen LogP contribution in [0.4, 0.5) is 0 Å². The summed E-state index contributed by atoms with van der Waals surface area (Å²) in [5, 5.41) is 0. The van der Waals surface area contributed by atoms with Gasteiger partial charge in [-0.15, -0.1) is 0 Å². The summed E-state index contributed by atoms with van der Waals surface area (Å²) >= 11 is 0. The highest BCUT2D eigenvalue weighted by atomic mass is 31.2. The summed E-state index contributed by atoms with van der Waals surface area (Å²) in [6, 6.07) is 18.6. The second-order valence-corrected chi connectivity index (χ2v) is 10.3. The molecular weight excluding hydrogens is 449 g/mol. The summed E-state index contributed by atoms with van der Waals surface area (Å²) in [5.41, 5.74) is 2.45. The summed E-state index contributed by atoms with van der Waals surface area (Å²) in [4.78, 5) is 17.8. The van der Waals surface area contributed by atoms with E-state index in [1.165, 1.54) is 5.82 Å². The van der Waals surface area contributed by atoms with Gasteiger partial charge in [-0.2, -0.15) is 0 Å². The Morgan fingerprint density at radius 3 is 1.76 bits per heavy atom. The molecule has 0 heterocycles. The first-order valence-electron chi connectivity index (χ1n) is 11.7. The van der Waals surface area contributed by atoms with E-state index in [9.17, 15) is 9.36 Å². The molecule has 2 aromatic carbocycles. The molecule has 6 nitrogen and oxygen atoms in total. The summed E-state index contributed by atoms with van der Waals surface area (Å²) in [7, 11) is -3.50. The number of benzene rings is 2. The fraction of sp³-hybridized carbons (Fsp3) is 0.407. The van der Waals surface area contributed by atoms with E-state index in [1.807, 2.05) is 67.6 Å². The Labute approximate surface area is 203 Å². The zero-order chi connectivity index (χ0) is 25.1. The van der Waals surface area contributed by atoms with Gasteiger partial charge in [-0.05, 0) is 34.6 Å². The summed E-state index contributed by atoms with van der Waals surface area (Å²) in [6.45, 7) is 11.0. The first-order chi connectivity index (χ1) is 16.1. The summed E-state index contributed by atoms with van der Waals surface area (Å²) in [5.74, 6) is 0.555. The highest BCUT2D eigenvalue weighted by molar-refractivity contribution is 7.57. The monoisotopic (exact) mass is 485 g/mol. The van der Waals surface area contributed by atoms with Gasteiger partial charge < -0.3 is 13.8 Å². The molecule has 0 bridgehead atoms. The van der Waals surface area contributed by atoms with E-state index >= 15 is 0 Å². The predicted molar refractivity (Wildman–Crippen MR) is 137 cm³/mol. The van der Waals surface area contributed by atoms with Crippen LogP contribution >= 0.6 is 7.60 Å². The normalized spacial score (nSPS) is 13.8. The predicted octanol–water partition coefficient (Wildman–Crippen LogP) is 6.65. The molecular formula is C27H36NO5P. The zero-order valence-corrected chi connectivity index (χ0v) is 21.8. The topological polar surface area (TPSA) is 74.2 Å². The molecule has 0 fully saturated rings. The van der Waals surface area contributed by atoms with Crippen LogP contribution in [0.3, 0.4) is 0 Å². The van der Waals surface area contributed by atoms with Gasteiger partial charge >= 0.3 is 13.6 Å². The van der Waals surface area contributed by atoms with Gasteiger partial charge in [-0.1, -0.05) is 73.7 Å². The highest BCUT2D eigenvalue weighted by Gasteiger charge is 2.29. The van der Waals surface area contributed by atoms with Crippen molar-refractivity contribution in [3.63, 3.8) is 0 Å². The van der Waals surface area contributed by atoms with Crippen LogP contribution in [0.15, 0.2) is 77.5 Å². The van der Waals surface area contributed by atoms with Crippen molar-refractivity contribution in [3.05, 3.63) is 83.7 Å². The van der Waals surface area contributed by atoms with Crippen molar-refractivity contribution in [2.75, 3.05) is 6.61 Å². The third-order valence-electron chi connectivity index (χ3n) is 4.68. The Hall–Kier alpha value is -2.53. The highest BCUT2D eigenvalue weighted by Crippen LogP contribution is 2.52. The van der Waals surface area contributed by atoms with Gasteiger partial charge in [-0.25, -0.2) is 4.79 Å². The number of hydrogen-bond acceptors (Lipinski definition) is 6. The number of nitrogens with zero attached hydrogens (tertiary/aromatic N) is 1. The maximum atomic E-state index is 13.2. The Kier molecular flexibility index (Phi) is 10.9. The molecule has 2 unspecified atom stereocenters. The number of carbonyl (C=O) groups is 1. The first kappa shape index (κ1) is 27.7. The largest absolute Gasteiger partial charge is 0.464 e. The van der Waals surface area contributed by atoms with E-state index in [4.69, 9.17) is 18.8 Å². The third-order valence-corrected chi connectivity index (χ3v) is 6.64. The minimum Gasteiger partial charge on any atom is -0.464 e. The van der Waals surface area contributed by atoms with Crippen molar-refractivity contribution < 1.29 is 23.1 Å². The molecule has 2 atom stereocenters. The molecule has 2 rings (SSSR count). The van der Waals surface area contributed by atoms with Crippen LogP contribution in [0.5, 0.6) is 0 Å². The van der Waals surface area contributed by atoms with Crippen LogP contribution in [-0.4, -0.2) is 36.5 Å². The van der Waals surface area contributed by atoms with E-state index < -0.39 is 25.5 Å². The van der Waals surface area contributed by atoms with Crippen LogP contribution < -0.4 is 0 Å². The van der Waals surface area contributed by atoms with Crippen LogP contribution in [0.1, 0.15) is 52.7 Å². The lowest BCUT2D eigenvalue weighted by Crippen LogP contribution is -2.29. The van der Waals surface area contributed by atoms with E-state index in [2.05, 4.69) is 0 Å². The lowest BCUT2D eigenvalue weighted by atomic mass is 9.99. The van der Waals surface area contributed by atoms with Crippen molar-refractivity contribution in [3.8, 4) is 0 Å². The molecule has 0 saturated carbocycles. The SMILES string of the molecule is CCOC(=O)C(N=C(c1ccccc1)c1ccccc1)C(C)/C=C/P(=O)(OC(C)C)OC(C)C. The van der Waals surface area contributed by atoms with E-state index in [0.29, 0.717) is 5.71 Å². The molecule has 0 aliphatic rings. The number of aliphatic imine (C=N–C) groups is 1. The van der Waals surface area contributed by atoms with Crippen LogP contribution in [0.25, 0.3) is 0 Å². The van der Waals surface area contributed by atoms with Gasteiger partial charge in [0.05, 0.1) is 24.5 Å². The summed E-state index contributed by atoms with van der Waals surface area (Å²) in [6.07, 6.45) is 1.10. The fourth-order valence-corrected chi connectivity index (χ4v) is 5.14. The Bertz CT molecular complexity index is 947. The number of rotatable bonds is 12. The number of ether oxygens (including phenoxy) is 1.